The van der Waals surface area contributed by atoms with Crippen LogP contribution >= 0.6 is 0 Å². The molecule has 0 aromatic rings. The van der Waals surface area contributed by atoms with E-state index in [4.69, 9.17) is 11.1 Å². The molecule has 0 amide bonds. The Morgan fingerprint density at radius 3 is 3.00 bits per heavy atom. The standard InChI is InChI=1S/C8H10N2/c9-6-7-4-2-1-3-5-8(7)10/h1-3,5-6,9H,4,10H2. The van der Waals surface area contributed by atoms with Gasteiger partial charge in [-0.05, 0) is 18.1 Å². The van der Waals surface area contributed by atoms with Crippen LogP contribution in [-0.4, -0.2) is 6.21 Å². The fourth-order valence-electron chi connectivity index (χ4n) is 0.800. The Kier molecular flexibility index (Phi) is 2.05. The van der Waals surface area contributed by atoms with Crippen LogP contribution in [-0.2, 0) is 0 Å². The van der Waals surface area contributed by atoms with Crippen molar-refractivity contribution < 1.29 is 0 Å². The van der Waals surface area contributed by atoms with E-state index in [1.54, 1.807) is 0 Å². The Bertz CT molecular complexity index is 221. The summed E-state index contributed by atoms with van der Waals surface area (Å²) < 4.78 is 0. The minimum Gasteiger partial charge on any atom is -0.398 e. The van der Waals surface area contributed by atoms with Gasteiger partial charge in [0.15, 0.2) is 0 Å². The van der Waals surface area contributed by atoms with E-state index >= 15 is 0 Å². The van der Waals surface area contributed by atoms with Crippen molar-refractivity contribution in [1.82, 2.24) is 0 Å². The van der Waals surface area contributed by atoms with Gasteiger partial charge in [-0.15, -0.1) is 0 Å². The highest BCUT2D eigenvalue weighted by molar-refractivity contribution is 5.78. The average molecular weight is 134 g/mol. The molecule has 10 heavy (non-hydrogen) atoms. The van der Waals surface area contributed by atoms with Crippen LogP contribution in [0.15, 0.2) is 35.6 Å². The minimum absolute atomic E-state index is 0.694. The van der Waals surface area contributed by atoms with Crippen LogP contribution in [0.2, 0.25) is 0 Å². The molecule has 1 aliphatic carbocycles. The summed E-state index contributed by atoms with van der Waals surface area (Å²) in [5.74, 6) is 0. The summed E-state index contributed by atoms with van der Waals surface area (Å²) in [7, 11) is 0. The topological polar surface area (TPSA) is 49.9 Å². The van der Waals surface area contributed by atoms with Crippen LogP contribution in [0.25, 0.3) is 0 Å². The van der Waals surface area contributed by atoms with Crippen molar-refractivity contribution in [1.29, 1.82) is 5.41 Å². The lowest BCUT2D eigenvalue weighted by Gasteiger charge is -1.96. The van der Waals surface area contributed by atoms with Crippen molar-refractivity contribution in [2.24, 2.45) is 5.73 Å². The molecule has 2 heteroatoms. The Hall–Kier alpha value is -1.31. The molecule has 0 radical (unpaired) electrons. The maximum absolute atomic E-state index is 6.99. The quantitative estimate of drug-likeness (QED) is 0.523. The van der Waals surface area contributed by atoms with Crippen molar-refractivity contribution in [3.63, 3.8) is 0 Å². The predicted octanol–water partition coefficient (Wildman–Crippen LogP) is 1.36. The van der Waals surface area contributed by atoms with Crippen LogP contribution in [0.3, 0.4) is 0 Å². The van der Waals surface area contributed by atoms with Gasteiger partial charge in [0.2, 0.25) is 0 Å². The molecule has 0 heterocycles. The third kappa shape index (κ3) is 1.35. The van der Waals surface area contributed by atoms with E-state index in [9.17, 15) is 0 Å². The summed E-state index contributed by atoms with van der Waals surface area (Å²) in [6.45, 7) is 0. The number of nitrogens with one attached hydrogen (secondary N) is 1. The highest BCUT2D eigenvalue weighted by Gasteiger charge is 1.96. The molecule has 0 fully saturated rings. The van der Waals surface area contributed by atoms with Crippen LogP contribution < -0.4 is 5.73 Å². The first-order valence-electron chi connectivity index (χ1n) is 3.17. The molecular formula is C8H10N2. The maximum atomic E-state index is 6.99. The molecule has 0 atom stereocenters. The van der Waals surface area contributed by atoms with Crippen molar-refractivity contribution >= 4 is 6.21 Å². The summed E-state index contributed by atoms with van der Waals surface area (Å²) in [5.41, 5.74) is 7.17. The van der Waals surface area contributed by atoms with Crippen molar-refractivity contribution in [3.05, 3.63) is 35.6 Å². The van der Waals surface area contributed by atoms with Gasteiger partial charge in [0.1, 0.15) is 0 Å². The van der Waals surface area contributed by atoms with Gasteiger partial charge < -0.3 is 11.1 Å². The van der Waals surface area contributed by atoms with Gasteiger partial charge in [0, 0.05) is 11.9 Å². The maximum Gasteiger partial charge on any atom is 0.0364 e. The largest absolute Gasteiger partial charge is 0.398 e. The lowest BCUT2D eigenvalue weighted by Crippen LogP contribution is -1.99. The first-order chi connectivity index (χ1) is 4.84. The molecule has 1 rings (SSSR count). The predicted molar refractivity (Wildman–Crippen MR) is 42.9 cm³/mol. The van der Waals surface area contributed by atoms with E-state index in [0.29, 0.717) is 5.70 Å². The summed E-state index contributed by atoms with van der Waals surface area (Å²) in [6, 6.07) is 0. The molecule has 1 aliphatic rings. The molecule has 0 saturated carbocycles. The zero-order chi connectivity index (χ0) is 7.40. The zero-order valence-corrected chi connectivity index (χ0v) is 5.67. The Balaban J connectivity index is 2.92. The average Bonchev–Trinajstić information content (AvgIpc) is 2.13. The summed E-state index contributed by atoms with van der Waals surface area (Å²) in [6.07, 6.45) is 9.67. The van der Waals surface area contributed by atoms with E-state index in [1.807, 2.05) is 24.3 Å². The van der Waals surface area contributed by atoms with Crippen molar-refractivity contribution in [2.75, 3.05) is 0 Å². The summed E-state index contributed by atoms with van der Waals surface area (Å²) in [4.78, 5) is 0. The van der Waals surface area contributed by atoms with Crippen LogP contribution in [0, 0.1) is 5.41 Å². The molecule has 0 aliphatic heterocycles. The number of hydrogen-bond acceptors (Lipinski definition) is 2. The first-order valence-corrected chi connectivity index (χ1v) is 3.17. The highest BCUT2D eigenvalue weighted by Crippen LogP contribution is 2.07. The SMILES string of the molecule is N=CC1=C(N)C=CC=CC1. The molecule has 0 saturated heterocycles. The molecule has 3 N–H and O–H groups in total. The first kappa shape index (κ1) is 6.81. The Morgan fingerprint density at radius 1 is 1.50 bits per heavy atom. The van der Waals surface area contributed by atoms with Gasteiger partial charge in [0.25, 0.3) is 0 Å². The van der Waals surface area contributed by atoms with Crippen LogP contribution in [0.4, 0.5) is 0 Å². The number of allylic oxidation sites excluding steroid dienone is 5. The fraction of sp³-hybridized carbons (Fsp3) is 0.125. The third-order valence-corrected chi connectivity index (χ3v) is 1.41. The minimum atomic E-state index is 0.694. The molecule has 0 bridgehead atoms. The van der Waals surface area contributed by atoms with E-state index in [1.165, 1.54) is 6.21 Å². The van der Waals surface area contributed by atoms with Gasteiger partial charge in [-0.1, -0.05) is 18.2 Å². The Labute approximate surface area is 60.2 Å². The van der Waals surface area contributed by atoms with Gasteiger partial charge >= 0.3 is 0 Å². The molecule has 0 aromatic carbocycles. The molecular weight excluding hydrogens is 124 g/mol. The van der Waals surface area contributed by atoms with Crippen molar-refractivity contribution in [3.8, 4) is 0 Å². The fourth-order valence-corrected chi connectivity index (χ4v) is 0.800. The summed E-state index contributed by atoms with van der Waals surface area (Å²) >= 11 is 0. The molecule has 0 unspecified atom stereocenters. The van der Waals surface area contributed by atoms with Gasteiger partial charge in [-0.3, -0.25) is 0 Å². The van der Waals surface area contributed by atoms with E-state index in [-0.39, 0.29) is 0 Å². The zero-order valence-electron chi connectivity index (χ0n) is 5.67. The Morgan fingerprint density at radius 2 is 2.30 bits per heavy atom. The molecule has 0 spiro atoms. The van der Waals surface area contributed by atoms with Gasteiger partial charge in [0.05, 0.1) is 0 Å². The smallest absolute Gasteiger partial charge is 0.0364 e. The number of nitrogens with two attached hydrogens (primary N) is 1. The third-order valence-electron chi connectivity index (χ3n) is 1.41. The summed E-state index contributed by atoms with van der Waals surface area (Å²) in [5, 5.41) is 6.99. The lowest BCUT2D eigenvalue weighted by molar-refractivity contribution is 1.25. The van der Waals surface area contributed by atoms with Crippen molar-refractivity contribution in [2.45, 2.75) is 6.42 Å². The van der Waals surface area contributed by atoms with E-state index < -0.39 is 0 Å². The van der Waals surface area contributed by atoms with Crippen LogP contribution in [0.5, 0.6) is 0 Å². The van der Waals surface area contributed by atoms with Crippen LogP contribution in [0.1, 0.15) is 6.42 Å². The van der Waals surface area contributed by atoms with Gasteiger partial charge in [-0.25, -0.2) is 0 Å². The number of hydrogen-bond donors (Lipinski definition) is 2. The molecule has 52 valence electrons. The molecule has 2 nitrogen and oxygen atoms in total. The van der Waals surface area contributed by atoms with Gasteiger partial charge in [-0.2, -0.15) is 0 Å². The highest BCUT2D eigenvalue weighted by atomic mass is 14.6. The van der Waals surface area contributed by atoms with E-state index in [0.717, 1.165) is 12.0 Å². The second kappa shape index (κ2) is 3.01. The monoisotopic (exact) mass is 134 g/mol. The second-order valence-corrected chi connectivity index (χ2v) is 2.12. The normalized spacial score (nSPS) is 17.2. The molecule has 0 aromatic heterocycles. The second-order valence-electron chi connectivity index (χ2n) is 2.12. The lowest BCUT2D eigenvalue weighted by atomic mass is 10.2. The number of rotatable bonds is 1. The van der Waals surface area contributed by atoms with E-state index in [2.05, 4.69) is 0 Å².